The van der Waals surface area contributed by atoms with E-state index in [0.717, 1.165) is 18.7 Å². The van der Waals surface area contributed by atoms with E-state index in [1.54, 1.807) is 12.1 Å². The van der Waals surface area contributed by atoms with E-state index < -0.39 is 0 Å². The van der Waals surface area contributed by atoms with Crippen molar-refractivity contribution in [1.29, 1.82) is 0 Å². The molecule has 0 fully saturated rings. The summed E-state index contributed by atoms with van der Waals surface area (Å²) < 4.78 is 0. The average Bonchev–Trinajstić information content (AvgIpc) is 2.12. The summed E-state index contributed by atoms with van der Waals surface area (Å²) in [4.78, 5) is 0. The molecule has 0 atom stereocenters. The Hall–Kier alpha value is -1.26. The van der Waals surface area contributed by atoms with Gasteiger partial charge in [-0.3, -0.25) is 0 Å². The standard InChI is InChI=1S/C9H15N3O/c10-3-4-12-6-7-1-2-9(13)8(11)5-7/h1-2,5,12-13H,3-4,6,10-11H2. The molecule has 4 heteroatoms. The monoisotopic (exact) mass is 181 g/mol. The van der Waals surface area contributed by atoms with Crippen molar-refractivity contribution in [2.24, 2.45) is 5.73 Å². The van der Waals surface area contributed by atoms with Crippen molar-refractivity contribution in [2.75, 3.05) is 18.8 Å². The highest BCUT2D eigenvalue weighted by molar-refractivity contribution is 5.53. The number of benzene rings is 1. The quantitative estimate of drug-likeness (QED) is 0.300. The zero-order valence-electron chi connectivity index (χ0n) is 7.46. The Morgan fingerprint density at radius 2 is 2.15 bits per heavy atom. The highest BCUT2D eigenvalue weighted by Gasteiger charge is 1.97. The smallest absolute Gasteiger partial charge is 0.138 e. The number of rotatable bonds is 4. The molecule has 13 heavy (non-hydrogen) atoms. The molecule has 0 aromatic heterocycles. The predicted molar refractivity (Wildman–Crippen MR) is 53.3 cm³/mol. The lowest BCUT2D eigenvalue weighted by Crippen LogP contribution is -2.21. The first-order valence-corrected chi connectivity index (χ1v) is 4.22. The fourth-order valence-electron chi connectivity index (χ4n) is 1.05. The van der Waals surface area contributed by atoms with Gasteiger partial charge in [-0.1, -0.05) is 6.07 Å². The second-order valence-electron chi connectivity index (χ2n) is 2.86. The Morgan fingerprint density at radius 1 is 1.38 bits per heavy atom. The SMILES string of the molecule is NCCNCc1ccc(O)c(N)c1. The summed E-state index contributed by atoms with van der Waals surface area (Å²) in [6.45, 7) is 2.12. The van der Waals surface area contributed by atoms with Gasteiger partial charge in [-0.15, -0.1) is 0 Å². The number of nitrogen functional groups attached to an aromatic ring is 1. The Morgan fingerprint density at radius 3 is 2.77 bits per heavy atom. The maximum Gasteiger partial charge on any atom is 0.138 e. The molecule has 4 nitrogen and oxygen atoms in total. The van der Waals surface area contributed by atoms with Crippen LogP contribution in [0.3, 0.4) is 0 Å². The van der Waals surface area contributed by atoms with Crippen LogP contribution in [0.2, 0.25) is 0 Å². The lowest BCUT2D eigenvalue weighted by molar-refractivity contribution is 0.477. The van der Waals surface area contributed by atoms with Gasteiger partial charge < -0.3 is 21.9 Å². The van der Waals surface area contributed by atoms with E-state index in [1.165, 1.54) is 0 Å². The molecule has 6 N–H and O–H groups in total. The van der Waals surface area contributed by atoms with Crippen molar-refractivity contribution in [2.45, 2.75) is 6.54 Å². The van der Waals surface area contributed by atoms with E-state index in [0.29, 0.717) is 12.2 Å². The molecule has 0 saturated heterocycles. The Balaban J connectivity index is 2.53. The third-order valence-corrected chi connectivity index (χ3v) is 1.74. The van der Waals surface area contributed by atoms with Crippen LogP contribution < -0.4 is 16.8 Å². The molecule has 1 rings (SSSR count). The largest absolute Gasteiger partial charge is 0.506 e. The minimum Gasteiger partial charge on any atom is -0.506 e. The van der Waals surface area contributed by atoms with Gasteiger partial charge in [0.05, 0.1) is 5.69 Å². The van der Waals surface area contributed by atoms with Gasteiger partial charge >= 0.3 is 0 Å². The number of anilines is 1. The lowest BCUT2D eigenvalue weighted by Gasteiger charge is -2.05. The number of nitrogens with two attached hydrogens (primary N) is 2. The first kappa shape index (κ1) is 9.83. The maximum absolute atomic E-state index is 9.15. The summed E-state index contributed by atoms with van der Waals surface area (Å²) in [6, 6.07) is 5.17. The van der Waals surface area contributed by atoms with Crippen LogP contribution in [0.4, 0.5) is 5.69 Å². The minimum atomic E-state index is 0.127. The third-order valence-electron chi connectivity index (χ3n) is 1.74. The molecule has 0 aliphatic heterocycles. The van der Waals surface area contributed by atoms with Crippen LogP contribution in [0.15, 0.2) is 18.2 Å². The molecule has 0 amide bonds. The summed E-state index contributed by atoms with van der Waals surface area (Å²) in [6.07, 6.45) is 0. The molecule has 0 aliphatic carbocycles. The van der Waals surface area contributed by atoms with Gasteiger partial charge in [-0.25, -0.2) is 0 Å². The number of phenols is 1. The van der Waals surface area contributed by atoms with Crippen molar-refractivity contribution in [3.05, 3.63) is 23.8 Å². The minimum absolute atomic E-state index is 0.127. The highest BCUT2D eigenvalue weighted by atomic mass is 16.3. The molecule has 72 valence electrons. The van der Waals surface area contributed by atoms with Gasteiger partial charge in [0.2, 0.25) is 0 Å². The van der Waals surface area contributed by atoms with Gasteiger partial charge in [0.25, 0.3) is 0 Å². The van der Waals surface area contributed by atoms with E-state index in [1.807, 2.05) is 6.07 Å². The topological polar surface area (TPSA) is 84.3 Å². The first-order chi connectivity index (χ1) is 6.24. The average molecular weight is 181 g/mol. The van der Waals surface area contributed by atoms with Crippen molar-refractivity contribution in [3.63, 3.8) is 0 Å². The summed E-state index contributed by atoms with van der Waals surface area (Å²) >= 11 is 0. The van der Waals surface area contributed by atoms with E-state index in [2.05, 4.69) is 5.32 Å². The molecule has 0 spiro atoms. The molecule has 1 aromatic rings. The molecule has 0 bridgehead atoms. The molecule has 0 radical (unpaired) electrons. The summed E-state index contributed by atoms with van der Waals surface area (Å²) in [5.41, 5.74) is 12.3. The fraction of sp³-hybridized carbons (Fsp3) is 0.333. The molecule has 0 unspecified atom stereocenters. The molecular weight excluding hydrogens is 166 g/mol. The Bertz CT molecular complexity index is 276. The van der Waals surface area contributed by atoms with Gasteiger partial charge in [0, 0.05) is 19.6 Å². The molecule has 0 aliphatic rings. The van der Waals surface area contributed by atoms with Gasteiger partial charge in [0.1, 0.15) is 5.75 Å². The first-order valence-electron chi connectivity index (χ1n) is 4.22. The second-order valence-corrected chi connectivity index (χ2v) is 2.86. The Labute approximate surface area is 77.6 Å². The second kappa shape index (κ2) is 4.69. The van der Waals surface area contributed by atoms with E-state index >= 15 is 0 Å². The molecule has 0 saturated carbocycles. The summed E-state index contributed by atoms with van der Waals surface area (Å²) in [5, 5.41) is 12.3. The number of nitrogens with one attached hydrogen (secondary N) is 1. The summed E-state index contributed by atoms with van der Waals surface area (Å²) in [5.74, 6) is 0.127. The number of phenolic OH excluding ortho intramolecular Hbond substituents is 1. The van der Waals surface area contributed by atoms with Gasteiger partial charge in [0.15, 0.2) is 0 Å². The van der Waals surface area contributed by atoms with E-state index in [4.69, 9.17) is 16.6 Å². The van der Waals surface area contributed by atoms with Crippen molar-refractivity contribution in [1.82, 2.24) is 5.32 Å². The Kier molecular flexibility index (Phi) is 3.54. The number of aromatic hydroxyl groups is 1. The van der Waals surface area contributed by atoms with Crippen molar-refractivity contribution in [3.8, 4) is 5.75 Å². The molecule has 1 aromatic carbocycles. The van der Waals surface area contributed by atoms with E-state index in [-0.39, 0.29) is 5.75 Å². The molecular formula is C9H15N3O. The van der Waals surface area contributed by atoms with Gasteiger partial charge in [-0.2, -0.15) is 0 Å². The highest BCUT2D eigenvalue weighted by Crippen LogP contribution is 2.19. The van der Waals surface area contributed by atoms with Gasteiger partial charge in [-0.05, 0) is 17.7 Å². The van der Waals surface area contributed by atoms with Crippen LogP contribution in [0.25, 0.3) is 0 Å². The third kappa shape index (κ3) is 2.93. The normalized spacial score (nSPS) is 10.2. The number of hydrogen-bond donors (Lipinski definition) is 4. The predicted octanol–water partition coefficient (Wildman–Crippen LogP) is 0.0227. The van der Waals surface area contributed by atoms with Crippen LogP contribution in [-0.4, -0.2) is 18.2 Å². The van der Waals surface area contributed by atoms with Crippen LogP contribution in [0.1, 0.15) is 5.56 Å². The van der Waals surface area contributed by atoms with Crippen LogP contribution in [-0.2, 0) is 6.54 Å². The van der Waals surface area contributed by atoms with Crippen LogP contribution in [0.5, 0.6) is 5.75 Å². The number of hydrogen-bond acceptors (Lipinski definition) is 4. The van der Waals surface area contributed by atoms with Crippen molar-refractivity contribution < 1.29 is 5.11 Å². The van der Waals surface area contributed by atoms with Crippen molar-refractivity contribution >= 4 is 5.69 Å². The fourth-order valence-corrected chi connectivity index (χ4v) is 1.05. The lowest BCUT2D eigenvalue weighted by atomic mass is 10.2. The van der Waals surface area contributed by atoms with E-state index in [9.17, 15) is 0 Å². The van der Waals surface area contributed by atoms with Crippen LogP contribution >= 0.6 is 0 Å². The maximum atomic E-state index is 9.15. The summed E-state index contributed by atoms with van der Waals surface area (Å²) in [7, 11) is 0. The zero-order valence-corrected chi connectivity index (χ0v) is 7.46. The van der Waals surface area contributed by atoms with Crippen LogP contribution in [0, 0.1) is 0 Å². The molecule has 0 heterocycles. The zero-order chi connectivity index (χ0) is 9.68.